The van der Waals surface area contributed by atoms with Crippen molar-refractivity contribution in [3.63, 3.8) is 0 Å². The molecule has 184 valence electrons. The third-order valence-electron chi connectivity index (χ3n) is 5.59. The van der Waals surface area contributed by atoms with Gasteiger partial charge in [-0.1, -0.05) is 44.2 Å². The van der Waals surface area contributed by atoms with Crippen LogP contribution in [0.25, 0.3) is 6.08 Å². The molecule has 0 bridgehead atoms. The zero-order valence-electron chi connectivity index (χ0n) is 20.2. The van der Waals surface area contributed by atoms with Gasteiger partial charge in [0.1, 0.15) is 0 Å². The molecule has 0 spiro atoms. The molecule has 8 nitrogen and oxygen atoms in total. The molecule has 1 aliphatic heterocycles. The average molecular weight is 479 g/mol. The molecule has 0 aromatic heterocycles. The number of likely N-dealkylation sites (tertiary alicyclic amines) is 1. The molecule has 9 heteroatoms. The Bertz CT molecular complexity index is 906. The number of rotatable bonds is 11. The molecular weight excluding hydrogens is 440 g/mol. The van der Waals surface area contributed by atoms with E-state index in [2.05, 4.69) is 28.8 Å². The van der Waals surface area contributed by atoms with Gasteiger partial charge in [0.15, 0.2) is 0 Å². The molecule has 1 aliphatic rings. The van der Waals surface area contributed by atoms with E-state index in [4.69, 9.17) is 0 Å². The first-order valence-electron chi connectivity index (χ1n) is 11.4. The van der Waals surface area contributed by atoms with Crippen molar-refractivity contribution in [1.82, 2.24) is 19.8 Å². The van der Waals surface area contributed by atoms with E-state index in [1.54, 1.807) is 4.90 Å². The lowest BCUT2D eigenvalue weighted by Crippen LogP contribution is -2.46. The van der Waals surface area contributed by atoms with Crippen molar-refractivity contribution in [2.24, 2.45) is 11.3 Å². The van der Waals surface area contributed by atoms with Gasteiger partial charge in [0.2, 0.25) is 21.8 Å². The van der Waals surface area contributed by atoms with E-state index >= 15 is 0 Å². The van der Waals surface area contributed by atoms with E-state index in [1.165, 1.54) is 6.08 Å². The summed E-state index contributed by atoms with van der Waals surface area (Å²) < 4.78 is 26.6. The van der Waals surface area contributed by atoms with Gasteiger partial charge < -0.3 is 15.1 Å². The quantitative estimate of drug-likeness (QED) is 0.506. The number of piperidine rings is 1. The highest BCUT2D eigenvalue weighted by atomic mass is 32.2. The van der Waals surface area contributed by atoms with Crippen LogP contribution in [0.15, 0.2) is 35.7 Å². The molecule has 0 atom stereocenters. The Morgan fingerprint density at radius 3 is 2.39 bits per heavy atom. The molecule has 1 fully saturated rings. The monoisotopic (exact) mass is 478 g/mol. The lowest BCUT2D eigenvalue weighted by atomic mass is 9.91. The topological polar surface area (TPSA) is 98.8 Å². The minimum absolute atomic E-state index is 0.0144. The normalized spacial score (nSPS) is 15.8. The molecule has 1 saturated heterocycles. The van der Waals surface area contributed by atoms with Crippen molar-refractivity contribution in [2.75, 3.05) is 46.8 Å². The minimum Gasteiger partial charge on any atom is -0.355 e. The Balaban J connectivity index is 1.70. The molecule has 33 heavy (non-hydrogen) atoms. The number of nitrogens with zero attached hydrogens (tertiary/aromatic N) is 2. The smallest absolute Gasteiger partial charge is 0.233 e. The Labute approximate surface area is 198 Å². The molecule has 0 saturated carbocycles. The van der Waals surface area contributed by atoms with Crippen LogP contribution in [-0.4, -0.2) is 76.9 Å². The lowest BCUT2D eigenvalue weighted by molar-refractivity contribution is -0.135. The van der Waals surface area contributed by atoms with Crippen LogP contribution in [0.2, 0.25) is 0 Å². The van der Waals surface area contributed by atoms with Gasteiger partial charge in [-0.3, -0.25) is 9.59 Å². The standard InChI is InChI=1S/C24H38N4O4S/c1-24(2,19-27(3)4)18-25-23(30)21-11-15-28(16-12-21)22(29)10-14-26-33(31,32)17-13-20-8-6-5-7-9-20/h5-9,13,17,21,26H,10-12,14-16,18-19H2,1-4H3,(H,25,30)/b17-13+. The maximum Gasteiger partial charge on any atom is 0.233 e. The Kier molecular flexibility index (Phi) is 10.1. The first kappa shape index (κ1) is 27.0. The second-order valence-corrected chi connectivity index (χ2v) is 11.3. The highest BCUT2D eigenvalue weighted by Gasteiger charge is 2.28. The Morgan fingerprint density at radius 1 is 1.15 bits per heavy atom. The van der Waals surface area contributed by atoms with E-state index in [-0.39, 0.29) is 36.1 Å². The van der Waals surface area contributed by atoms with Gasteiger partial charge in [0.05, 0.1) is 0 Å². The number of nitrogens with one attached hydrogen (secondary N) is 2. The molecule has 1 aromatic carbocycles. The molecular formula is C24H38N4O4S. The summed E-state index contributed by atoms with van der Waals surface area (Å²) in [6.07, 6.45) is 2.85. The summed E-state index contributed by atoms with van der Waals surface area (Å²) in [6.45, 7) is 6.81. The number of hydrogen-bond donors (Lipinski definition) is 2. The van der Waals surface area contributed by atoms with Crippen LogP contribution in [0.4, 0.5) is 0 Å². The van der Waals surface area contributed by atoms with Crippen molar-refractivity contribution in [3.8, 4) is 0 Å². The van der Waals surface area contributed by atoms with Crippen LogP contribution in [0, 0.1) is 11.3 Å². The van der Waals surface area contributed by atoms with Gasteiger partial charge in [-0.05, 0) is 44.0 Å². The summed E-state index contributed by atoms with van der Waals surface area (Å²) in [5, 5.41) is 4.17. The first-order valence-corrected chi connectivity index (χ1v) is 13.0. The van der Waals surface area contributed by atoms with Crippen molar-refractivity contribution < 1.29 is 18.0 Å². The molecule has 1 heterocycles. The summed E-state index contributed by atoms with van der Waals surface area (Å²) in [5.74, 6) is -0.145. The summed E-state index contributed by atoms with van der Waals surface area (Å²) in [6, 6.07) is 9.14. The summed E-state index contributed by atoms with van der Waals surface area (Å²) in [5.41, 5.74) is 0.770. The average Bonchev–Trinajstić information content (AvgIpc) is 2.76. The predicted octanol–water partition coefficient (Wildman–Crippen LogP) is 1.91. The van der Waals surface area contributed by atoms with E-state index in [0.717, 1.165) is 17.5 Å². The van der Waals surface area contributed by atoms with Gasteiger partial charge in [0, 0.05) is 50.5 Å². The number of sulfonamides is 1. The van der Waals surface area contributed by atoms with Crippen molar-refractivity contribution >= 4 is 27.9 Å². The van der Waals surface area contributed by atoms with Gasteiger partial charge in [-0.15, -0.1) is 0 Å². The van der Waals surface area contributed by atoms with Crippen LogP contribution in [0.5, 0.6) is 0 Å². The van der Waals surface area contributed by atoms with Gasteiger partial charge in [-0.2, -0.15) is 0 Å². The Morgan fingerprint density at radius 2 is 1.79 bits per heavy atom. The summed E-state index contributed by atoms with van der Waals surface area (Å²) >= 11 is 0. The second-order valence-electron chi connectivity index (χ2n) is 9.68. The SMILES string of the molecule is CN(C)CC(C)(C)CNC(=O)C1CCN(C(=O)CCNS(=O)(=O)/C=C/c2ccccc2)CC1. The van der Waals surface area contributed by atoms with E-state index < -0.39 is 10.0 Å². The van der Waals surface area contributed by atoms with Crippen molar-refractivity contribution in [1.29, 1.82) is 0 Å². The fourth-order valence-electron chi connectivity index (χ4n) is 4.01. The fraction of sp³-hybridized carbons (Fsp3) is 0.583. The molecule has 0 aliphatic carbocycles. The van der Waals surface area contributed by atoms with Crippen LogP contribution < -0.4 is 10.0 Å². The zero-order valence-corrected chi connectivity index (χ0v) is 21.0. The second kappa shape index (κ2) is 12.3. The van der Waals surface area contributed by atoms with Crippen LogP contribution in [0.1, 0.15) is 38.7 Å². The maximum absolute atomic E-state index is 12.5. The molecule has 0 radical (unpaired) electrons. The van der Waals surface area contributed by atoms with Crippen LogP contribution in [-0.2, 0) is 19.6 Å². The maximum atomic E-state index is 12.5. The fourth-order valence-corrected chi connectivity index (χ4v) is 4.83. The predicted molar refractivity (Wildman–Crippen MR) is 132 cm³/mol. The van der Waals surface area contributed by atoms with Crippen molar-refractivity contribution in [3.05, 3.63) is 41.3 Å². The van der Waals surface area contributed by atoms with Crippen LogP contribution in [0.3, 0.4) is 0 Å². The number of amides is 2. The van der Waals surface area contributed by atoms with Gasteiger partial charge in [-0.25, -0.2) is 13.1 Å². The number of carbonyl (C=O) groups excluding carboxylic acids is 2. The third-order valence-corrected chi connectivity index (χ3v) is 6.69. The summed E-state index contributed by atoms with van der Waals surface area (Å²) in [7, 11) is 0.424. The lowest BCUT2D eigenvalue weighted by Gasteiger charge is -2.33. The summed E-state index contributed by atoms with van der Waals surface area (Å²) in [4.78, 5) is 28.8. The Hall–Kier alpha value is -2.23. The molecule has 2 amide bonds. The molecule has 1 aromatic rings. The molecule has 2 rings (SSSR count). The highest BCUT2D eigenvalue weighted by molar-refractivity contribution is 7.92. The zero-order chi connectivity index (χ0) is 24.5. The van der Waals surface area contributed by atoms with E-state index in [9.17, 15) is 18.0 Å². The number of carbonyl (C=O) groups is 2. The highest BCUT2D eigenvalue weighted by Crippen LogP contribution is 2.19. The van der Waals surface area contributed by atoms with Crippen molar-refractivity contribution in [2.45, 2.75) is 33.1 Å². The van der Waals surface area contributed by atoms with E-state index in [0.29, 0.717) is 32.5 Å². The van der Waals surface area contributed by atoms with E-state index in [1.807, 2.05) is 44.4 Å². The molecule has 2 N–H and O–H groups in total. The first-order chi connectivity index (χ1) is 15.5. The van der Waals surface area contributed by atoms with Crippen LogP contribution >= 0.6 is 0 Å². The number of hydrogen-bond acceptors (Lipinski definition) is 5. The largest absolute Gasteiger partial charge is 0.355 e. The third kappa shape index (κ3) is 10.1. The van der Waals surface area contributed by atoms with Gasteiger partial charge >= 0.3 is 0 Å². The number of benzene rings is 1. The molecule has 0 unspecified atom stereocenters. The van der Waals surface area contributed by atoms with Gasteiger partial charge in [0.25, 0.3) is 0 Å². The minimum atomic E-state index is -3.61.